The molecule has 7 heteroatoms. The number of hydrogen-bond donors (Lipinski definition) is 2. The van der Waals surface area contributed by atoms with Gasteiger partial charge in [0.1, 0.15) is 5.82 Å². The molecule has 0 aliphatic carbocycles. The number of anilines is 1. The Hall–Kier alpha value is -3.06. The highest BCUT2D eigenvalue weighted by molar-refractivity contribution is 5.92. The number of nitrogens with zero attached hydrogens (tertiary/aromatic N) is 3. The first-order valence-electron chi connectivity index (χ1n) is 7.32. The van der Waals surface area contributed by atoms with Crippen molar-refractivity contribution in [2.45, 2.75) is 12.5 Å². The van der Waals surface area contributed by atoms with Crippen LogP contribution in [0.5, 0.6) is 0 Å². The fourth-order valence-electron chi connectivity index (χ4n) is 2.28. The van der Waals surface area contributed by atoms with Crippen molar-refractivity contribution in [2.24, 2.45) is 0 Å². The molecule has 1 atom stereocenters. The van der Waals surface area contributed by atoms with E-state index < -0.39 is 17.8 Å². The van der Waals surface area contributed by atoms with Gasteiger partial charge in [-0.05, 0) is 35.9 Å². The zero-order valence-corrected chi connectivity index (χ0v) is 12.6. The Kier molecular flexibility index (Phi) is 4.62. The number of benzene rings is 1. The lowest BCUT2D eigenvalue weighted by atomic mass is 10.1. The van der Waals surface area contributed by atoms with E-state index in [2.05, 4.69) is 15.4 Å². The van der Waals surface area contributed by atoms with Crippen LogP contribution < -0.4 is 5.32 Å². The van der Waals surface area contributed by atoms with Crippen molar-refractivity contribution < 1.29 is 14.3 Å². The van der Waals surface area contributed by atoms with E-state index in [9.17, 15) is 14.3 Å². The van der Waals surface area contributed by atoms with E-state index in [0.717, 1.165) is 0 Å². The highest BCUT2D eigenvalue weighted by Gasteiger charge is 2.15. The van der Waals surface area contributed by atoms with Gasteiger partial charge in [-0.25, -0.2) is 14.1 Å². The van der Waals surface area contributed by atoms with Crippen LogP contribution in [0.25, 0.3) is 5.82 Å². The number of rotatable bonds is 5. The number of carbonyl (C=O) groups excluding carboxylic acids is 1. The molecule has 24 heavy (non-hydrogen) atoms. The summed E-state index contributed by atoms with van der Waals surface area (Å²) in [6.45, 7) is 0. The lowest BCUT2D eigenvalue weighted by molar-refractivity contribution is -0.118. The summed E-state index contributed by atoms with van der Waals surface area (Å²) in [5, 5.41) is 16.9. The Morgan fingerprint density at radius 2 is 2.12 bits per heavy atom. The number of carbonyl (C=O) groups is 1. The topological polar surface area (TPSA) is 80.0 Å². The number of nitrogens with one attached hydrogen (secondary N) is 1. The van der Waals surface area contributed by atoms with Crippen molar-refractivity contribution in [3.8, 4) is 5.82 Å². The summed E-state index contributed by atoms with van der Waals surface area (Å²) < 4.78 is 14.7. The molecule has 122 valence electrons. The molecule has 2 heterocycles. The van der Waals surface area contributed by atoms with Gasteiger partial charge >= 0.3 is 0 Å². The predicted octanol–water partition coefficient (Wildman–Crippen LogP) is 2.47. The molecule has 0 radical (unpaired) electrons. The van der Waals surface area contributed by atoms with E-state index in [1.165, 1.54) is 22.9 Å². The second kappa shape index (κ2) is 7.01. The van der Waals surface area contributed by atoms with Crippen LogP contribution in [-0.2, 0) is 4.79 Å². The standard InChI is InChI=1S/C17H15FN4O2/c18-13-5-1-4-12(10-13)15(23)11-16(24)21-14-6-2-7-19-17(14)22-9-3-8-20-22/h1-10,15,23H,11H2,(H,21,24). The maximum atomic E-state index is 13.2. The summed E-state index contributed by atoms with van der Waals surface area (Å²) in [7, 11) is 0. The molecule has 0 saturated carbocycles. The smallest absolute Gasteiger partial charge is 0.227 e. The number of aromatic nitrogens is 3. The minimum atomic E-state index is -1.09. The molecule has 6 nitrogen and oxygen atoms in total. The second-order valence-corrected chi connectivity index (χ2v) is 5.15. The molecule has 1 amide bonds. The average molecular weight is 326 g/mol. The van der Waals surface area contributed by atoms with Crippen LogP contribution in [0.4, 0.5) is 10.1 Å². The van der Waals surface area contributed by atoms with E-state index in [0.29, 0.717) is 17.1 Å². The van der Waals surface area contributed by atoms with Crippen molar-refractivity contribution in [3.05, 3.63) is 72.4 Å². The van der Waals surface area contributed by atoms with Crippen molar-refractivity contribution in [1.29, 1.82) is 0 Å². The summed E-state index contributed by atoms with van der Waals surface area (Å²) in [5.74, 6) is -0.399. The third-order valence-electron chi connectivity index (χ3n) is 3.39. The highest BCUT2D eigenvalue weighted by Crippen LogP contribution is 2.20. The largest absolute Gasteiger partial charge is 0.388 e. The molecule has 1 aromatic carbocycles. The summed E-state index contributed by atoms with van der Waals surface area (Å²) in [6, 6.07) is 10.7. The molecule has 1 unspecified atom stereocenters. The van der Waals surface area contributed by atoms with Gasteiger partial charge in [-0.1, -0.05) is 12.1 Å². The minimum Gasteiger partial charge on any atom is -0.388 e. The maximum absolute atomic E-state index is 13.2. The number of hydrogen-bond acceptors (Lipinski definition) is 4. The van der Waals surface area contributed by atoms with Gasteiger partial charge in [0.15, 0.2) is 5.82 Å². The molecule has 2 N–H and O–H groups in total. The third kappa shape index (κ3) is 3.64. The van der Waals surface area contributed by atoms with E-state index in [1.807, 2.05) is 0 Å². The molecule has 0 bridgehead atoms. The fourth-order valence-corrected chi connectivity index (χ4v) is 2.28. The first kappa shape index (κ1) is 15.8. The Morgan fingerprint density at radius 3 is 2.88 bits per heavy atom. The lowest BCUT2D eigenvalue weighted by Gasteiger charge is -2.13. The van der Waals surface area contributed by atoms with Gasteiger partial charge in [0.2, 0.25) is 5.91 Å². The highest BCUT2D eigenvalue weighted by atomic mass is 19.1. The number of amides is 1. The second-order valence-electron chi connectivity index (χ2n) is 5.15. The Bertz CT molecular complexity index is 836. The van der Waals surface area contributed by atoms with E-state index in [-0.39, 0.29) is 6.42 Å². The normalized spacial score (nSPS) is 11.9. The lowest BCUT2D eigenvalue weighted by Crippen LogP contribution is -2.17. The minimum absolute atomic E-state index is 0.198. The molecule has 0 saturated heterocycles. The van der Waals surface area contributed by atoms with Crippen LogP contribution in [0.15, 0.2) is 61.1 Å². The Labute approximate surface area is 137 Å². The average Bonchev–Trinajstić information content (AvgIpc) is 3.09. The van der Waals surface area contributed by atoms with Crippen molar-refractivity contribution in [2.75, 3.05) is 5.32 Å². The van der Waals surface area contributed by atoms with Gasteiger partial charge in [-0.15, -0.1) is 0 Å². The van der Waals surface area contributed by atoms with Crippen LogP contribution in [-0.4, -0.2) is 25.8 Å². The zero-order valence-electron chi connectivity index (χ0n) is 12.6. The van der Waals surface area contributed by atoms with E-state index in [1.54, 1.807) is 42.9 Å². The number of pyridine rings is 1. The summed E-state index contributed by atoms with van der Waals surface area (Å²) in [4.78, 5) is 16.4. The van der Waals surface area contributed by atoms with Crippen LogP contribution in [0.3, 0.4) is 0 Å². The Balaban J connectivity index is 1.72. The molecule has 3 rings (SSSR count). The molecule has 3 aromatic rings. The van der Waals surface area contributed by atoms with Crippen LogP contribution in [0.2, 0.25) is 0 Å². The first-order chi connectivity index (χ1) is 11.6. The molecule has 2 aromatic heterocycles. The van der Waals surface area contributed by atoms with Gasteiger partial charge in [0, 0.05) is 18.6 Å². The molecule has 0 spiro atoms. The van der Waals surface area contributed by atoms with E-state index >= 15 is 0 Å². The summed E-state index contributed by atoms with van der Waals surface area (Å²) in [5.41, 5.74) is 0.821. The quantitative estimate of drug-likeness (QED) is 0.755. The van der Waals surface area contributed by atoms with Gasteiger partial charge in [0.25, 0.3) is 0 Å². The summed E-state index contributed by atoms with van der Waals surface area (Å²) in [6.07, 6.45) is 3.61. The predicted molar refractivity (Wildman–Crippen MR) is 86.0 cm³/mol. The third-order valence-corrected chi connectivity index (χ3v) is 3.39. The SMILES string of the molecule is O=C(CC(O)c1cccc(F)c1)Nc1cccnc1-n1cccn1. The Morgan fingerprint density at radius 1 is 1.25 bits per heavy atom. The maximum Gasteiger partial charge on any atom is 0.227 e. The van der Waals surface area contributed by atoms with Gasteiger partial charge in [-0.2, -0.15) is 5.10 Å². The van der Waals surface area contributed by atoms with Gasteiger partial charge in [0.05, 0.1) is 18.2 Å². The van der Waals surface area contributed by atoms with E-state index in [4.69, 9.17) is 0 Å². The van der Waals surface area contributed by atoms with Gasteiger partial charge in [-0.3, -0.25) is 4.79 Å². The van der Waals surface area contributed by atoms with Crippen LogP contribution in [0.1, 0.15) is 18.1 Å². The molecular formula is C17H15FN4O2. The molecular weight excluding hydrogens is 311 g/mol. The number of halogens is 1. The zero-order chi connectivity index (χ0) is 16.9. The van der Waals surface area contributed by atoms with Crippen LogP contribution in [0, 0.1) is 5.82 Å². The summed E-state index contributed by atoms with van der Waals surface area (Å²) >= 11 is 0. The van der Waals surface area contributed by atoms with Gasteiger partial charge < -0.3 is 10.4 Å². The van der Waals surface area contributed by atoms with Crippen LogP contribution >= 0.6 is 0 Å². The van der Waals surface area contributed by atoms with Crippen molar-refractivity contribution >= 4 is 11.6 Å². The number of aliphatic hydroxyl groups is 1. The van der Waals surface area contributed by atoms with Crippen molar-refractivity contribution in [3.63, 3.8) is 0 Å². The van der Waals surface area contributed by atoms with Crippen molar-refractivity contribution in [1.82, 2.24) is 14.8 Å². The first-order valence-corrected chi connectivity index (χ1v) is 7.32. The fraction of sp³-hybridized carbons (Fsp3) is 0.118. The molecule has 0 fully saturated rings. The monoisotopic (exact) mass is 326 g/mol. The number of aliphatic hydroxyl groups excluding tert-OH is 1. The molecule has 0 aliphatic rings. The molecule has 0 aliphatic heterocycles.